The van der Waals surface area contributed by atoms with Crippen LogP contribution >= 0.6 is 0 Å². The third-order valence-corrected chi connectivity index (χ3v) is 2.56. The molecule has 0 aliphatic rings. The van der Waals surface area contributed by atoms with E-state index in [1.807, 2.05) is 13.8 Å². The molecule has 0 saturated carbocycles. The normalized spacial score (nSPS) is 11.4. The Morgan fingerprint density at radius 2 is 1.64 bits per heavy atom. The molecule has 0 atom stereocenters. The van der Waals surface area contributed by atoms with Gasteiger partial charge in [-0.25, -0.2) is 6.57 Å². The van der Waals surface area contributed by atoms with Crippen LogP contribution in [0.25, 0.3) is 4.85 Å². The van der Waals surface area contributed by atoms with E-state index in [4.69, 9.17) is 6.57 Å². The van der Waals surface area contributed by atoms with Crippen LogP contribution in [0.1, 0.15) is 44.7 Å². The van der Waals surface area contributed by atoms with E-state index in [1.54, 1.807) is 0 Å². The molecule has 74 valence electrons. The fourth-order valence-electron chi connectivity index (χ4n) is 1.34. The monoisotopic (exact) mass is 187 g/mol. The number of nitrogens with zero attached hydrogens (tertiary/aromatic N) is 1. The third-order valence-electron chi connectivity index (χ3n) is 2.56. The van der Waals surface area contributed by atoms with Crippen LogP contribution in [0, 0.1) is 6.57 Å². The molecule has 0 bridgehead atoms. The predicted molar refractivity (Wildman–Crippen MR) is 60.2 cm³/mol. The highest BCUT2D eigenvalue weighted by molar-refractivity contribution is 5.30. The molecule has 0 saturated heterocycles. The van der Waals surface area contributed by atoms with Crippen molar-refractivity contribution in [2.45, 2.75) is 39.2 Å². The van der Waals surface area contributed by atoms with Crippen molar-refractivity contribution in [3.8, 4) is 0 Å². The van der Waals surface area contributed by atoms with Gasteiger partial charge in [-0.1, -0.05) is 38.1 Å². The van der Waals surface area contributed by atoms with Gasteiger partial charge in [0.05, 0.1) is 0 Å². The summed E-state index contributed by atoms with van der Waals surface area (Å²) in [6, 6.07) is 8.36. The fraction of sp³-hybridized carbons (Fsp3) is 0.462. The van der Waals surface area contributed by atoms with Gasteiger partial charge in [0, 0.05) is 19.4 Å². The molecule has 0 radical (unpaired) electrons. The smallest absolute Gasteiger partial charge is 0.252 e. The van der Waals surface area contributed by atoms with Crippen LogP contribution in [0.5, 0.6) is 0 Å². The van der Waals surface area contributed by atoms with Gasteiger partial charge in [-0.05, 0) is 11.5 Å². The van der Waals surface area contributed by atoms with E-state index in [-0.39, 0.29) is 0 Å². The molecule has 0 amide bonds. The molecule has 0 aliphatic carbocycles. The second kappa shape index (κ2) is 3.84. The molecule has 0 spiro atoms. The summed E-state index contributed by atoms with van der Waals surface area (Å²) in [6.07, 6.45) is 0. The summed E-state index contributed by atoms with van der Waals surface area (Å²) >= 11 is 0. The minimum Gasteiger partial charge on any atom is -0.306 e. The van der Waals surface area contributed by atoms with Crippen LogP contribution in [-0.2, 0) is 5.54 Å². The molecule has 1 aromatic rings. The second-order valence-corrected chi connectivity index (χ2v) is 4.45. The highest BCUT2D eigenvalue weighted by Gasteiger charge is 2.25. The standard InChI is InChI=1S/C13H17N/c1-10(2)11-6-8-12(9-7-11)13(3,4)14-5/h6-10H,1-4H3. The van der Waals surface area contributed by atoms with Gasteiger partial charge in [0.1, 0.15) is 0 Å². The molecule has 0 aliphatic heterocycles. The van der Waals surface area contributed by atoms with E-state index in [0.29, 0.717) is 5.92 Å². The maximum absolute atomic E-state index is 7.11. The van der Waals surface area contributed by atoms with Gasteiger partial charge in [0.25, 0.3) is 5.54 Å². The van der Waals surface area contributed by atoms with Crippen LogP contribution in [0.3, 0.4) is 0 Å². The Morgan fingerprint density at radius 1 is 1.14 bits per heavy atom. The molecule has 0 unspecified atom stereocenters. The molecule has 0 heterocycles. The van der Waals surface area contributed by atoms with Crippen LogP contribution in [0.2, 0.25) is 0 Å². The zero-order chi connectivity index (χ0) is 10.8. The van der Waals surface area contributed by atoms with Crippen molar-refractivity contribution >= 4 is 0 Å². The van der Waals surface area contributed by atoms with Gasteiger partial charge in [-0.15, -0.1) is 0 Å². The Labute approximate surface area is 86.6 Å². The topological polar surface area (TPSA) is 4.36 Å². The molecule has 14 heavy (non-hydrogen) atoms. The predicted octanol–water partition coefficient (Wildman–Crippen LogP) is 3.96. The second-order valence-electron chi connectivity index (χ2n) is 4.45. The lowest BCUT2D eigenvalue weighted by molar-refractivity contribution is 0.663. The minimum atomic E-state index is -0.393. The van der Waals surface area contributed by atoms with E-state index in [0.717, 1.165) is 5.56 Å². The largest absolute Gasteiger partial charge is 0.306 e. The van der Waals surface area contributed by atoms with Gasteiger partial charge in [-0.3, -0.25) is 0 Å². The Balaban J connectivity index is 3.01. The van der Waals surface area contributed by atoms with Gasteiger partial charge in [-0.2, -0.15) is 0 Å². The van der Waals surface area contributed by atoms with Crippen molar-refractivity contribution < 1.29 is 0 Å². The van der Waals surface area contributed by atoms with E-state index in [9.17, 15) is 0 Å². The van der Waals surface area contributed by atoms with E-state index in [2.05, 4.69) is 43.0 Å². The quantitative estimate of drug-likeness (QED) is 0.617. The molecule has 1 nitrogen and oxygen atoms in total. The van der Waals surface area contributed by atoms with Gasteiger partial charge in [0.15, 0.2) is 0 Å². The molecule has 0 fully saturated rings. The Kier molecular flexibility index (Phi) is 2.96. The van der Waals surface area contributed by atoms with Crippen LogP contribution in [-0.4, -0.2) is 0 Å². The van der Waals surface area contributed by atoms with Crippen LogP contribution in [0.15, 0.2) is 24.3 Å². The third kappa shape index (κ3) is 2.14. The average Bonchev–Trinajstić information content (AvgIpc) is 2.18. The summed E-state index contributed by atoms with van der Waals surface area (Å²) in [5.41, 5.74) is 2.03. The van der Waals surface area contributed by atoms with Gasteiger partial charge >= 0.3 is 0 Å². The summed E-state index contributed by atoms with van der Waals surface area (Å²) in [5.74, 6) is 0.556. The van der Waals surface area contributed by atoms with E-state index < -0.39 is 5.54 Å². The summed E-state index contributed by atoms with van der Waals surface area (Å²) in [6.45, 7) is 15.4. The van der Waals surface area contributed by atoms with Gasteiger partial charge < -0.3 is 4.85 Å². The van der Waals surface area contributed by atoms with Crippen LogP contribution in [0.4, 0.5) is 0 Å². The first-order valence-electron chi connectivity index (χ1n) is 4.96. The highest BCUT2D eigenvalue weighted by atomic mass is 14.8. The van der Waals surface area contributed by atoms with Crippen molar-refractivity contribution in [2.75, 3.05) is 0 Å². The zero-order valence-corrected chi connectivity index (χ0v) is 9.33. The maximum Gasteiger partial charge on any atom is 0.252 e. The molecular formula is C13H17N. The zero-order valence-electron chi connectivity index (χ0n) is 9.33. The van der Waals surface area contributed by atoms with Gasteiger partial charge in [0.2, 0.25) is 0 Å². The fourth-order valence-corrected chi connectivity index (χ4v) is 1.34. The Hall–Kier alpha value is -1.29. The lowest BCUT2D eigenvalue weighted by Crippen LogP contribution is -2.10. The Morgan fingerprint density at radius 3 is 2.00 bits per heavy atom. The average molecular weight is 187 g/mol. The Bertz CT molecular complexity index is 338. The van der Waals surface area contributed by atoms with Crippen molar-refractivity contribution in [3.63, 3.8) is 0 Å². The van der Waals surface area contributed by atoms with Crippen molar-refractivity contribution in [3.05, 3.63) is 46.8 Å². The maximum atomic E-state index is 7.11. The summed E-state index contributed by atoms with van der Waals surface area (Å²) in [4.78, 5) is 3.62. The molecule has 0 aromatic heterocycles. The molecule has 1 heteroatoms. The highest BCUT2D eigenvalue weighted by Crippen LogP contribution is 2.26. The molecular weight excluding hydrogens is 170 g/mol. The van der Waals surface area contributed by atoms with E-state index >= 15 is 0 Å². The summed E-state index contributed by atoms with van der Waals surface area (Å²) in [5, 5.41) is 0. The number of hydrogen-bond acceptors (Lipinski definition) is 0. The van der Waals surface area contributed by atoms with Crippen LogP contribution < -0.4 is 0 Å². The van der Waals surface area contributed by atoms with Crippen molar-refractivity contribution in [2.24, 2.45) is 0 Å². The lowest BCUT2D eigenvalue weighted by Gasteiger charge is -2.12. The number of hydrogen-bond donors (Lipinski definition) is 0. The lowest BCUT2D eigenvalue weighted by atomic mass is 9.92. The summed E-state index contributed by atoms with van der Waals surface area (Å²) < 4.78 is 0. The van der Waals surface area contributed by atoms with E-state index in [1.165, 1.54) is 5.56 Å². The summed E-state index contributed by atoms with van der Waals surface area (Å²) in [7, 11) is 0. The molecule has 1 aromatic carbocycles. The first-order valence-corrected chi connectivity index (χ1v) is 4.96. The first-order chi connectivity index (χ1) is 6.47. The van der Waals surface area contributed by atoms with Crippen molar-refractivity contribution in [1.29, 1.82) is 0 Å². The SMILES string of the molecule is [C-]#[N+]C(C)(C)c1ccc(C(C)C)cc1. The number of benzene rings is 1. The molecule has 1 rings (SSSR count). The first kappa shape index (κ1) is 10.8. The van der Waals surface area contributed by atoms with Crippen molar-refractivity contribution in [1.82, 2.24) is 0 Å². The minimum absolute atomic E-state index is 0.393. The molecule has 0 N–H and O–H groups in total. The number of rotatable bonds is 2.